The summed E-state index contributed by atoms with van der Waals surface area (Å²) < 4.78 is 0. The zero-order valence-corrected chi connectivity index (χ0v) is 8.98. The van der Waals surface area contributed by atoms with E-state index >= 15 is 0 Å². The van der Waals surface area contributed by atoms with Crippen molar-refractivity contribution >= 4 is 28.6 Å². The minimum atomic E-state index is 0.749. The van der Waals surface area contributed by atoms with E-state index in [0.29, 0.717) is 0 Å². The van der Waals surface area contributed by atoms with Crippen LogP contribution in [0.15, 0.2) is 36.0 Å². The molecule has 0 saturated carbocycles. The van der Waals surface area contributed by atoms with Crippen molar-refractivity contribution in [2.75, 3.05) is 5.32 Å². The normalized spacial score (nSPS) is 10.1. The van der Waals surface area contributed by atoms with Gasteiger partial charge in [0, 0.05) is 21.8 Å². The number of nitrogens with zero attached hydrogens (tertiary/aromatic N) is 1. The van der Waals surface area contributed by atoms with E-state index < -0.39 is 0 Å². The Bertz CT molecular complexity index is 400. The molecule has 0 atom stereocenters. The van der Waals surface area contributed by atoms with Crippen molar-refractivity contribution < 1.29 is 0 Å². The summed E-state index contributed by atoms with van der Waals surface area (Å²) in [6, 6.07) is 7.69. The second kappa shape index (κ2) is 4.44. The first-order valence-electron chi connectivity index (χ1n) is 4.21. The Hall–Kier alpha value is -1.06. The van der Waals surface area contributed by atoms with E-state index in [9.17, 15) is 0 Å². The molecule has 0 bridgehead atoms. The van der Waals surface area contributed by atoms with Gasteiger partial charge < -0.3 is 5.32 Å². The number of benzene rings is 1. The van der Waals surface area contributed by atoms with Crippen LogP contribution >= 0.6 is 22.9 Å². The summed E-state index contributed by atoms with van der Waals surface area (Å²) in [6.45, 7) is 0.797. The molecule has 4 heteroatoms. The standard InChI is InChI=1S/C10H9ClN2S/c11-8-2-1-3-9(4-8)13-6-10-5-12-7-14-10/h1-5,7,13H,6H2. The van der Waals surface area contributed by atoms with Gasteiger partial charge in [-0.15, -0.1) is 11.3 Å². The number of nitrogens with one attached hydrogen (secondary N) is 1. The second-order valence-electron chi connectivity index (χ2n) is 2.83. The topological polar surface area (TPSA) is 24.9 Å². The van der Waals surface area contributed by atoms with E-state index in [-0.39, 0.29) is 0 Å². The fraction of sp³-hybridized carbons (Fsp3) is 0.100. The molecule has 2 aromatic rings. The molecule has 72 valence electrons. The first-order chi connectivity index (χ1) is 6.84. The molecule has 0 aliphatic rings. The Morgan fingerprint density at radius 1 is 1.43 bits per heavy atom. The van der Waals surface area contributed by atoms with E-state index in [0.717, 1.165) is 17.3 Å². The molecule has 1 aromatic carbocycles. The molecule has 14 heavy (non-hydrogen) atoms. The van der Waals surface area contributed by atoms with Gasteiger partial charge in [-0.25, -0.2) is 0 Å². The van der Waals surface area contributed by atoms with Gasteiger partial charge in [-0.3, -0.25) is 4.98 Å². The summed E-state index contributed by atoms with van der Waals surface area (Å²) in [6.07, 6.45) is 1.86. The van der Waals surface area contributed by atoms with E-state index in [4.69, 9.17) is 11.6 Å². The van der Waals surface area contributed by atoms with Crippen LogP contribution in [0.4, 0.5) is 5.69 Å². The Labute approximate surface area is 91.6 Å². The summed E-state index contributed by atoms with van der Waals surface area (Å²) in [5.74, 6) is 0. The SMILES string of the molecule is Clc1cccc(NCc2cncs2)c1. The number of halogens is 1. The van der Waals surface area contributed by atoms with Crippen molar-refractivity contribution in [3.63, 3.8) is 0 Å². The number of rotatable bonds is 3. The second-order valence-corrected chi connectivity index (χ2v) is 4.24. The average molecular weight is 225 g/mol. The van der Waals surface area contributed by atoms with Crippen molar-refractivity contribution in [3.05, 3.63) is 45.9 Å². The molecule has 2 rings (SSSR count). The fourth-order valence-electron chi connectivity index (χ4n) is 1.12. The van der Waals surface area contributed by atoms with Crippen LogP contribution in [0.3, 0.4) is 0 Å². The molecule has 0 aliphatic carbocycles. The van der Waals surface area contributed by atoms with Crippen LogP contribution in [0.1, 0.15) is 4.88 Å². The summed E-state index contributed by atoms with van der Waals surface area (Å²) in [5, 5.41) is 4.02. The highest BCUT2D eigenvalue weighted by Crippen LogP contribution is 2.16. The maximum Gasteiger partial charge on any atom is 0.0794 e. The molecule has 0 unspecified atom stereocenters. The lowest BCUT2D eigenvalue weighted by atomic mass is 10.3. The van der Waals surface area contributed by atoms with Crippen LogP contribution in [0, 0.1) is 0 Å². The third kappa shape index (κ3) is 2.47. The summed E-state index contributed by atoms with van der Waals surface area (Å²) in [5.41, 5.74) is 2.86. The summed E-state index contributed by atoms with van der Waals surface area (Å²) in [7, 11) is 0. The van der Waals surface area contributed by atoms with E-state index in [1.807, 2.05) is 36.0 Å². The van der Waals surface area contributed by atoms with Gasteiger partial charge in [-0.2, -0.15) is 0 Å². The molecule has 0 saturated heterocycles. The summed E-state index contributed by atoms with van der Waals surface area (Å²) in [4.78, 5) is 5.22. The van der Waals surface area contributed by atoms with Crippen molar-refractivity contribution in [1.29, 1.82) is 0 Å². The van der Waals surface area contributed by atoms with Gasteiger partial charge in [0.25, 0.3) is 0 Å². The molecule has 1 aromatic heterocycles. The number of anilines is 1. The highest BCUT2D eigenvalue weighted by atomic mass is 35.5. The number of hydrogen-bond acceptors (Lipinski definition) is 3. The zero-order chi connectivity index (χ0) is 9.80. The molecule has 1 N–H and O–H groups in total. The Balaban J connectivity index is 1.98. The third-order valence-corrected chi connectivity index (χ3v) is 2.79. The van der Waals surface area contributed by atoms with Crippen molar-refractivity contribution in [2.45, 2.75) is 6.54 Å². The highest BCUT2D eigenvalue weighted by Gasteiger charge is 1.95. The Morgan fingerprint density at radius 2 is 2.36 bits per heavy atom. The Morgan fingerprint density at radius 3 is 3.07 bits per heavy atom. The minimum Gasteiger partial charge on any atom is -0.380 e. The van der Waals surface area contributed by atoms with Crippen LogP contribution in [-0.2, 0) is 6.54 Å². The molecule has 0 fully saturated rings. The first-order valence-corrected chi connectivity index (χ1v) is 5.47. The molecule has 0 amide bonds. The molecular weight excluding hydrogens is 216 g/mol. The number of aromatic nitrogens is 1. The van der Waals surface area contributed by atoms with Crippen LogP contribution in [-0.4, -0.2) is 4.98 Å². The zero-order valence-electron chi connectivity index (χ0n) is 7.40. The van der Waals surface area contributed by atoms with E-state index in [1.165, 1.54) is 4.88 Å². The van der Waals surface area contributed by atoms with Gasteiger partial charge >= 0.3 is 0 Å². The minimum absolute atomic E-state index is 0.749. The number of thiazole rings is 1. The predicted octanol–water partition coefficient (Wildman–Crippen LogP) is 3.41. The van der Waals surface area contributed by atoms with Crippen molar-refractivity contribution in [2.24, 2.45) is 0 Å². The molecule has 0 aliphatic heterocycles. The van der Waals surface area contributed by atoms with Crippen LogP contribution in [0.5, 0.6) is 0 Å². The lowest BCUT2D eigenvalue weighted by Crippen LogP contribution is -1.96. The maximum atomic E-state index is 5.86. The van der Waals surface area contributed by atoms with Gasteiger partial charge in [0.15, 0.2) is 0 Å². The number of hydrogen-bond donors (Lipinski definition) is 1. The predicted molar refractivity (Wildman–Crippen MR) is 60.9 cm³/mol. The van der Waals surface area contributed by atoms with Crippen LogP contribution in [0.2, 0.25) is 5.02 Å². The third-order valence-electron chi connectivity index (χ3n) is 1.77. The fourth-order valence-corrected chi connectivity index (χ4v) is 1.84. The van der Waals surface area contributed by atoms with E-state index in [2.05, 4.69) is 10.3 Å². The molecule has 0 radical (unpaired) electrons. The Kier molecular flexibility index (Phi) is 3.01. The van der Waals surface area contributed by atoms with Crippen molar-refractivity contribution in [1.82, 2.24) is 4.98 Å². The monoisotopic (exact) mass is 224 g/mol. The average Bonchev–Trinajstić information content (AvgIpc) is 2.67. The van der Waals surface area contributed by atoms with Gasteiger partial charge in [-0.1, -0.05) is 17.7 Å². The first kappa shape index (κ1) is 9.49. The summed E-state index contributed by atoms with van der Waals surface area (Å²) >= 11 is 7.50. The van der Waals surface area contributed by atoms with Gasteiger partial charge in [-0.05, 0) is 18.2 Å². The molecule has 1 heterocycles. The quantitative estimate of drug-likeness (QED) is 0.865. The van der Waals surface area contributed by atoms with Gasteiger partial charge in [0.1, 0.15) is 0 Å². The van der Waals surface area contributed by atoms with Crippen LogP contribution < -0.4 is 5.32 Å². The molecule has 2 nitrogen and oxygen atoms in total. The molecular formula is C10H9ClN2S. The lowest BCUT2D eigenvalue weighted by molar-refractivity contribution is 1.17. The van der Waals surface area contributed by atoms with E-state index in [1.54, 1.807) is 11.3 Å². The smallest absolute Gasteiger partial charge is 0.0794 e. The maximum absolute atomic E-state index is 5.86. The van der Waals surface area contributed by atoms with Crippen molar-refractivity contribution in [3.8, 4) is 0 Å². The van der Waals surface area contributed by atoms with Gasteiger partial charge in [0.05, 0.1) is 12.1 Å². The molecule has 0 spiro atoms. The largest absolute Gasteiger partial charge is 0.380 e. The lowest BCUT2D eigenvalue weighted by Gasteiger charge is -2.03. The van der Waals surface area contributed by atoms with Gasteiger partial charge in [0.2, 0.25) is 0 Å². The highest BCUT2D eigenvalue weighted by molar-refractivity contribution is 7.09. The van der Waals surface area contributed by atoms with Crippen LogP contribution in [0.25, 0.3) is 0 Å².